The number of hydrogen-bond acceptors (Lipinski definition) is 1. The van der Waals surface area contributed by atoms with Gasteiger partial charge in [0.05, 0.1) is 0 Å². The molecule has 2 aromatic rings. The second-order valence-corrected chi connectivity index (χ2v) is 5.84. The third kappa shape index (κ3) is 3.56. The molecule has 0 saturated carbocycles. The Hall–Kier alpha value is -1.36. The van der Waals surface area contributed by atoms with Crippen molar-refractivity contribution in [3.05, 3.63) is 68.8 Å². The van der Waals surface area contributed by atoms with Gasteiger partial charge in [0, 0.05) is 22.7 Å². The van der Waals surface area contributed by atoms with Crippen LogP contribution in [0.5, 0.6) is 0 Å². The second kappa shape index (κ2) is 6.19. The van der Waals surface area contributed by atoms with Crippen LogP contribution in [0.15, 0.2) is 48.5 Å². The summed E-state index contributed by atoms with van der Waals surface area (Å²) in [6.45, 7) is 2.70. The molecule has 0 saturated heterocycles. The van der Waals surface area contributed by atoms with E-state index in [-0.39, 0.29) is 5.91 Å². The third-order valence-corrected chi connectivity index (χ3v) is 3.83. The summed E-state index contributed by atoms with van der Waals surface area (Å²) in [6.07, 6.45) is 0. The minimum atomic E-state index is 0.0552. The van der Waals surface area contributed by atoms with Crippen molar-refractivity contribution in [1.82, 2.24) is 4.90 Å². The van der Waals surface area contributed by atoms with Crippen LogP contribution in [-0.2, 0) is 6.54 Å². The zero-order valence-corrected chi connectivity index (χ0v) is 13.2. The number of aryl methyl sites for hydroxylation is 1. The number of halogens is 1. The summed E-state index contributed by atoms with van der Waals surface area (Å²) in [5, 5.41) is 0. The van der Waals surface area contributed by atoms with Crippen LogP contribution in [0.1, 0.15) is 21.5 Å². The van der Waals surface area contributed by atoms with Gasteiger partial charge < -0.3 is 4.90 Å². The highest BCUT2D eigenvalue weighted by Gasteiger charge is 2.12. The molecule has 0 unspecified atom stereocenters. The minimum Gasteiger partial charge on any atom is -0.337 e. The van der Waals surface area contributed by atoms with Gasteiger partial charge in [-0.3, -0.25) is 4.79 Å². The fourth-order valence-corrected chi connectivity index (χ4v) is 2.29. The first-order valence-corrected chi connectivity index (χ1v) is 7.21. The maximum absolute atomic E-state index is 12.3. The van der Waals surface area contributed by atoms with Gasteiger partial charge >= 0.3 is 0 Å². The Kier molecular flexibility index (Phi) is 4.58. The number of carbonyl (C=O) groups excluding carboxylic acids is 1. The highest BCUT2D eigenvalue weighted by atomic mass is 127. The Morgan fingerprint density at radius 1 is 1.11 bits per heavy atom. The molecular weight excluding hydrogens is 349 g/mol. The highest BCUT2D eigenvalue weighted by Crippen LogP contribution is 2.13. The number of nitrogens with zero attached hydrogens (tertiary/aromatic N) is 1. The Balaban J connectivity index is 2.12. The highest BCUT2D eigenvalue weighted by molar-refractivity contribution is 14.1. The third-order valence-electron chi connectivity index (χ3n) is 3.11. The normalized spacial score (nSPS) is 10.3. The van der Waals surface area contributed by atoms with Crippen LogP contribution in [0.3, 0.4) is 0 Å². The van der Waals surface area contributed by atoms with Crippen LogP contribution in [0.4, 0.5) is 0 Å². The Morgan fingerprint density at radius 3 is 2.37 bits per heavy atom. The molecule has 0 aromatic heterocycles. The van der Waals surface area contributed by atoms with Gasteiger partial charge in [0.1, 0.15) is 0 Å². The van der Waals surface area contributed by atoms with E-state index in [4.69, 9.17) is 0 Å². The van der Waals surface area contributed by atoms with Crippen LogP contribution >= 0.6 is 22.6 Å². The van der Waals surface area contributed by atoms with Gasteiger partial charge in [-0.05, 0) is 64.9 Å². The van der Waals surface area contributed by atoms with Crippen molar-refractivity contribution < 1.29 is 4.79 Å². The molecule has 0 bridgehead atoms. The Morgan fingerprint density at radius 2 is 1.74 bits per heavy atom. The van der Waals surface area contributed by atoms with Crippen molar-refractivity contribution in [2.75, 3.05) is 7.05 Å². The summed E-state index contributed by atoms with van der Waals surface area (Å²) in [4.78, 5) is 14.0. The number of benzene rings is 2. The molecule has 0 heterocycles. The van der Waals surface area contributed by atoms with Crippen LogP contribution in [0.25, 0.3) is 0 Å². The average molecular weight is 365 g/mol. The Labute approximate surface area is 127 Å². The van der Waals surface area contributed by atoms with E-state index < -0.39 is 0 Å². The van der Waals surface area contributed by atoms with E-state index in [1.165, 1.54) is 11.1 Å². The summed E-state index contributed by atoms with van der Waals surface area (Å²) >= 11 is 2.24. The van der Waals surface area contributed by atoms with E-state index in [0.717, 1.165) is 9.13 Å². The van der Waals surface area contributed by atoms with Crippen molar-refractivity contribution in [2.24, 2.45) is 0 Å². The van der Waals surface area contributed by atoms with Crippen LogP contribution in [-0.4, -0.2) is 17.9 Å². The van der Waals surface area contributed by atoms with Gasteiger partial charge in [-0.25, -0.2) is 0 Å². The molecule has 0 radical (unpaired) electrons. The van der Waals surface area contributed by atoms with E-state index >= 15 is 0 Å². The monoisotopic (exact) mass is 365 g/mol. The van der Waals surface area contributed by atoms with E-state index in [9.17, 15) is 4.79 Å². The molecule has 0 atom stereocenters. The zero-order chi connectivity index (χ0) is 13.8. The van der Waals surface area contributed by atoms with Crippen molar-refractivity contribution in [1.29, 1.82) is 0 Å². The topological polar surface area (TPSA) is 20.3 Å². The van der Waals surface area contributed by atoms with Gasteiger partial charge in [-0.2, -0.15) is 0 Å². The lowest BCUT2D eigenvalue weighted by Gasteiger charge is -2.18. The molecule has 2 aromatic carbocycles. The maximum Gasteiger partial charge on any atom is 0.253 e. The van der Waals surface area contributed by atoms with Gasteiger partial charge in [0.15, 0.2) is 0 Å². The lowest BCUT2D eigenvalue weighted by Crippen LogP contribution is -2.26. The molecule has 0 aliphatic heterocycles. The minimum absolute atomic E-state index is 0.0552. The van der Waals surface area contributed by atoms with E-state index in [2.05, 4.69) is 41.6 Å². The smallest absolute Gasteiger partial charge is 0.253 e. The summed E-state index contributed by atoms with van der Waals surface area (Å²) in [6, 6.07) is 15.8. The molecule has 0 spiro atoms. The molecule has 0 fully saturated rings. The average Bonchev–Trinajstić information content (AvgIpc) is 2.41. The van der Waals surface area contributed by atoms with Crippen LogP contribution < -0.4 is 0 Å². The predicted octanol–water partition coefficient (Wildman–Crippen LogP) is 3.87. The second-order valence-electron chi connectivity index (χ2n) is 4.59. The molecule has 2 nitrogen and oxygen atoms in total. The van der Waals surface area contributed by atoms with Crippen molar-refractivity contribution in [3.63, 3.8) is 0 Å². The summed E-state index contributed by atoms with van der Waals surface area (Å²) < 4.78 is 1.13. The first-order chi connectivity index (χ1) is 9.08. The predicted molar refractivity (Wildman–Crippen MR) is 86.1 cm³/mol. The maximum atomic E-state index is 12.3. The lowest BCUT2D eigenvalue weighted by molar-refractivity contribution is 0.0785. The summed E-state index contributed by atoms with van der Waals surface area (Å²) in [5.41, 5.74) is 3.13. The van der Waals surface area contributed by atoms with Gasteiger partial charge in [0.2, 0.25) is 0 Å². The quantitative estimate of drug-likeness (QED) is 0.757. The lowest BCUT2D eigenvalue weighted by atomic mass is 10.1. The molecular formula is C16H16INO. The molecule has 19 heavy (non-hydrogen) atoms. The van der Waals surface area contributed by atoms with E-state index in [1.807, 2.05) is 43.4 Å². The zero-order valence-electron chi connectivity index (χ0n) is 11.1. The first-order valence-electron chi connectivity index (χ1n) is 6.13. The molecule has 0 N–H and O–H groups in total. The van der Waals surface area contributed by atoms with Crippen molar-refractivity contribution in [2.45, 2.75) is 13.5 Å². The SMILES string of the molecule is Cc1ccccc1CN(C)C(=O)c1ccc(I)cc1. The molecule has 0 aliphatic carbocycles. The van der Waals surface area contributed by atoms with Gasteiger partial charge in [0.25, 0.3) is 5.91 Å². The Bertz CT molecular complexity index is 578. The summed E-state index contributed by atoms with van der Waals surface area (Å²) in [5.74, 6) is 0.0552. The molecule has 3 heteroatoms. The molecule has 98 valence electrons. The first kappa shape index (κ1) is 14.1. The standard InChI is InChI=1S/C16H16INO/c1-12-5-3-4-6-14(12)11-18(2)16(19)13-7-9-15(17)10-8-13/h3-10H,11H2,1-2H3. The van der Waals surface area contributed by atoms with Crippen LogP contribution in [0.2, 0.25) is 0 Å². The molecule has 0 aliphatic rings. The van der Waals surface area contributed by atoms with Gasteiger partial charge in [-0.15, -0.1) is 0 Å². The van der Waals surface area contributed by atoms with Crippen molar-refractivity contribution in [3.8, 4) is 0 Å². The number of rotatable bonds is 3. The molecule has 2 rings (SSSR count). The molecule has 1 amide bonds. The fraction of sp³-hybridized carbons (Fsp3) is 0.188. The number of amides is 1. The number of carbonyl (C=O) groups is 1. The van der Waals surface area contributed by atoms with Gasteiger partial charge in [-0.1, -0.05) is 24.3 Å². The van der Waals surface area contributed by atoms with E-state index in [1.54, 1.807) is 4.90 Å². The summed E-state index contributed by atoms with van der Waals surface area (Å²) in [7, 11) is 1.84. The van der Waals surface area contributed by atoms with Crippen LogP contribution in [0, 0.1) is 10.5 Å². The fourth-order valence-electron chi connectivity index (χ4n) is 1.93. The van der Waals surface area contributed by atoms with Crippen molar-refractivity contribution >= 4 is 28.5 Å². The number of hydrogen-bond donors (Lipinski definition) is 0. The largest absolute Gasteiger partial charge is 0.337 e. The van der Waals surface area contributed by atoms with E-state index in [0.29, 0.717) is 6.54 Å².